The SMILES string of the molecule is CC(C(=O)N(C)C(C)c1ccc(F)cc1)C1CNC1.Cl. The molecule has 1 heterocycles. The Labute approximate surface area is 125 Å². The van der Waals surface area contributed by atoms with Crippen LogP contribution in [-0.2, 0) is 4.79 Å². The maximum atomic E-state index is 12.9. The smallest absolute Gasteiger partial charge is 0.226 e. The van der Waals surface area contributed by atoms with Crippen molar-refractivity contribution in [3.8, 4) is 0 Å². The molecule has 2 rings (SSSR count). The second kappa shape index (κ2) is 7.04. The fraction of sp³-hybridized carbons (Fsp3) is 0.533. The molecule has 0 bridgehead atoms. The van der Waals surface area contributed by atoms with Crippen molar-refractivity contribution < 1.29 is 9.18 Å². The van der Waals surface area contributed by atoms with Crippen molar-refractivity contribution in [1.29, 1.82) is 0 Å². The number of hydrogen-bond donors (Lipinski definition) is 1. The quantitative estimate of drug-likeness (QED) is 0.927. The van der Waals surface area contributed by atoms with Crippen LogP contribution in [0.5, 0.6) is 0 Å². The van der Waals surface area contributed by atoms with Gasteiger partial charge in [0.2, 0.25) is 5.91 Å². The van der Waals surface area contributed by atoms with E-state index in [-0.39, 0.29) is 36.1 Å². The predicted octanol–water partition coefficient (Wildman–Crippen LogP) is 2.62. The average molecular weight is 301 g/mol. The molecule has 0 radical (unpaired) electrons. The molecule has 1 saturated heterocycles. The summed E-state index contributed by atoms with van der Waals surface area (Å²) in [6.07, 6.45) is 0. The number of amides is 1. The molecule has 0 aromatic heterocycles. The number of hydrogen-bond acceptors (Lipinski definition) is 2. The summed E-state index contributed by atoms with van der Waals surface area (Å²) in [6, 6.07) is 6.30. The Balaban J connectivity index is 0.00000200. The highest BCUT2D eigenvalue weighted by Gasteiger charge is 2.32. The van der Waals surface area contributed by atoms with Crippen LogP contribution in [0.25, 0.3) is 0 Å². The van der Waals surface area contributed by atoms with Gasteiger partial charge in [-0.2, -0.15) is 0 Å². The average Bonchev–Trinajstić information content (AvgIpc) is 2.35. The number of nitrogens with one attached hydrogen (secondary N) is 1. The van der Waals surface area contributed by atoms with E-state index in [2.05, 4.69) is 5.32 Å². The van der Waals surface area contributed by atoms with Crippen LogP contribution in [0.4, 0.5) is 4.39 Å². The van der Waals surface area contributed by atoms with E-state index in [0.29, 0.717) is 5.92 Å². The van der Waals surface area contributed by atoms with Gasteiger partial charge in [0.1, 0.15) is 5.82 Å². The van der Waals surface area contributed by atoms with Crippen LogP contribution in [0.2, 0.25) is 0 Å². The third-order valence-corrected chi connectivity index (χ3v) is 4.19. The van der Waals surface area contributed by atoms with Gasteiger partial charge in [-0.25, -0.2) is 4.39 Å². The highest BCUT2D eigenvalue weighted by molar-refractivity contribution is 5.85. The minimum atomic E-state index is -0.251. The van der Waals surface area contributed by atoms with E-state index >= 15 is 0 Å². The van der Waals surface area contributed by atoms with Crippen molar-refractivity contribution >= 4 is 18.3 Å². The van der Waals surface area contributed by atoms with Crippen molar-refractivity contribution in [3.05, 3.63) is 35.6 Å². The number of carbonyl (C=O) groups is 1. The summed E-state index contributed by atoms with van der Waals surface area (Å²) in [6.45, 7) is 5.80. The van der Waals surface area contributed by atoms with Crippen molar-refractivity contribution in [2.45, 2.75) is 19.9 Å². The molecule has 1 aliphatic heterocycles. The van der Waals surface area contributed by atoms with Crippen LogP contribution in [0, 0.1) is 17.7 Å². The molecule has 2 atom stereocenters. The molecule has 3 nitrogen and oxygen atoms in total. The molecule has 1 aromatic carbocycles. The molecular weight excluding hydrogens is 279 g/mol. The van der Waals surface area contributed by atoms with Crippen LogP contribution >= 0.6 is 12.4 Å². The van der Waals surface area contributed by atoms with Gasteiger partial charge in [-0.05, 0) is 43.6 Å². The monoisotopic (exact) mass is 300 g/mol. The summed E-state index contributed by atoms with van der Waals surface area (Å²) in [5, 5.41) is 3.19. The van der Waals surface area contributed by atoms with Crippen LogP contribution in [0.1, 0.15) is 25.5 Å². The van der Waals surface area contributed by atoms with E-state index < -0.39 is 0 Å². The van der Waals surface area contributed by atoms with Crippen LogP contribution in [0.15, 0.2) is 24.3 Å². The first-order chi connectivity index (χ1) is 9.00. The number of benzene rings is 1. The van der Waals surface area contributed by atoms with Gasteiger partial charge < -0.3 is 10.2 Å². The first-order valence-corrected chi connectivity index (χ1v) is 6.73. The Hall–Kier alpha value is -1.13. The lowest BCUT2D eigenvalue weighted by Gasteiger charge is -2.35. The molecular formula is C15H22ClFN2O. The topological polar surface area (TPSA) is 32.3 Å². The maximum absolute atomic E-state index is 12.9. The lowest BCUT2D eigenvalue weighted by molar-refractivity contribution is -0.138. The molecule has 1 N–H and O–H groups in total. The Morgan fingerprint density at radius 3 is 2.30 bits per heavy atom. The van der Waals surface area contributed by atoms with Crippen LogP contribution < -0.4 is 5.32 Å². The second-order valence-corrected chi connectivity index (χ2v) is 5.38. The Bertz CT molecular complexity index is 448. The van der Waals surface area contributed by atoms with Gasteiger partial charge >= 0.3 is 0 Å². The zero-order chi connectivity index (χ0) is 14.0. The lowest BCUT2D eigenvalue weighted by atomic mass is 9.87. The van der Waals surface area contributed by atoms with E-state index in [4.69, 9.17) is 0 Å². The molecule has 0 spiro atoms. The maximum Gasteiger partial charge on any atom is 0.226 e. The molecule has 112 valence electrons. The Kier molecular flexibility index (Phi) is 5.96. The summed E-state index contributed by atoms with van der Waals surface area (Å²) in [7, 11) is 1.82. The molecule has 20 heavy (non-hydrogen) atoms. The molecule has 5 heteroatoms. The predicted molar refractivity (Wildman–Crippen MR) is 80.4 cm³/mol. The van der Waals surface area contributed by atoms with Crippen molar-refractivity contribution in [2.24, 2.45) is 11.8 Å². The molecule has 0 aliphatic carbocycles. The molecule has 1 aromatic rings. The molecule has 1 amide bonds. The summed E-state index contributed by atoms with van der Waals surface area (Å²) < 4.78 is 12.9. The van der Waals surface area contributed by atoms with Gasteiger partial charge in [0.15, 0.2) is 0 Å². The van der Waals surface area contributed by atoms with E-state index in [9.17, 15) is 9.18 Å². The van der Waals surface area contributed by atoms with Gasteiger partial charge in [-0.15, -0.1) is 12.4 Å². The van der Waals surface area contributed by atoms with Crippen molar-refractivity contribution in [2.75, 3.05) is 20.1 Å². The van der Waals surface area contributed by atoms with Gasteiger partial charge in [-0.1, -0.05) is 19.1 Å². The Morgan fingerprint density at radius 2 is 1.85 bits per heavy atom. The zero-order valence-electron chi connectivity index (χ0n) is 12.1. The number of nitrogens with zero attached hydrogens (tertiary/aromatic N) is 1. The highest BCUT2D eigenvalue weighted by atomic mass is 35.5. The Morgan fingerprint density at radius 1 is 1.30 bits per heavy atom. The second-order valence-electron chi connectivity index (χ2n) is 5.38. The normalized spacial score (nSPS) is 17.6. The summed E-state index contributed by atoms with van der Waals surface area (Å²) in [5.74, 6) is 0.381. The van der Waals surface area contributed by atoms with Gasteiger partial charge in [0.05, 0.1) is 6.04 Å². The lowest BCUT2D eigenvalue weighted by Crippen LogP contribution is -2.50. The first kappa shape index (κ1) is 16.9. The zero-order valence-corrected chi connectivity index (χ0v) is 12.9. The molecule has 1 fully saturated rings. The van der Waals surface area contributed by atoms with Gasteiger partial charge in [0.25, 0.3) is 0 Å². The third-order valence-electron chi connectivity index (χ3n) is 4.19. The third kappa shape index (κ3) is 3.49. The molecule has 0 saturated carbocycles. The van der Waals surface area contributed by atoms with Gasteiger partial charge in [0, 0.05) is 13.0 Å². The van der Waals surface area contributed by atoms with Crippen LogP contribution in [0.3, 0.4) is 0 Å². The van der Waals surface area contributed by atoms with Crippen molar-refractivity contribution in [1.82, 2.24) is 10.2 Å². The summed E-state index contributed by atoms with van der Waals surface area (Å²) >= 11 is 0. The largest absolute Gasteiger partial charge is 0.339 e. The standard InChI is InChI=1S/C15H21FN2O.ClH/c1-10(13-8-17-9-13)15(19)18(3)11(2)12-4-6-14(16)7-5-12;/h4-7,10-11,13,17H,8-9H2,1-3H3;1H. The fourth-order valence-corrected chi connectivity index (χ4v) is 2.34. The first-order valence-electron chi connectivity index (χ1n) is 6.73. The number of halogens is 2. The number of carbonyl (C=O) groups excluding carboxylic acids is 1. The van der Waals surface area contributed by atoms with E-state index in [1.54, 1.807) is 17.0 Å². The van der Waals surface area contributed by atoms with E-state index in [1.807, 2.05) is 20.9 Å². The van der Waals surface area contributed by atoms with E-state index in [1.165, 1.54) is 12.1 Å². The van der Waals surface area contributed by atoms with Gasteiger partial charge in [-0.3, -0.25) is 4.79 Å². The fourth-order valence-electron chi connectivity index (χ4n) is 2.34. The van der Waals surface area contributed by atoms with E-state index in [0.717, 1.165) is 18.7 Å². The minimum Gasteiger partial charge on any atom is -0.339 e. The van der Waals surface area contributed by atoms with Crippen LogP contribution in [-0.4, -0.2) is 30.9 Å². The number of rotatable bonds is 4. The summed E-state index contributed by atoms with van der Waals surface area (Å²) in [4.78, 5) is 14.1. The molecule has 2 unspecified atom stereocenters. The highest BCUT2D eigenvalue weighted by Crippen LogP contribution is 2.24. The summed E-state index contributed by atoms with van der Waals surface area (Å²) in [5.41, 5.74) is 0.955. The molecule has 1 aliphatic rings. The van der Waals surface area contributed by atoms with Crippen molar-refractivity contribution in [3.63, 3.8) is 0 Å². The minimum absolute atomic E-state index is 0.